The van der Waals surface area contributed by atoms with Gasteiger partial charge < -0.3 is 24.8 Å². The number of nitrogens with two attached hydrogens (primary N) is 1. The zero-order valence-electron chi connectivity index (χ0n) is 23.6. The van der Waals surface area contributed by atoms with E-state index in [0.29, 0.717) is 61.8 Å². The molecule has 5 aliphatic heterocycles. The number of alkyl halides is 1. The third kappa shape index (κ3) is 3.81. The highest BCUT2D eigenvalue weighted by Crippen LogP contribution is 2.51. The molecule has 10 heteroatoms. The molecule has 1 aromatic carbocycles. The smallest absolute Gasteiger partial charge is 0.318 e. The van der Waals surface area contributed by atoms with Gasteiger partial charge in [0, 0.05) is 49.4 Å². The molecule has 0 radical (unpaired) electrons. The van der Waals surface area contributed by atoms with Crippen LogP contribution in [-0.4, -0.2) is 71.6 Å². The second-order valence-corrected chi connectivity index (χ2v) is 13.0. The Kier molecular flexibility index (Phi) is 5.80. The minimum Gasteiger partial charge on any atom is -0.461 e. The van der Waals surface area contributed by atoms with Crippen molar-refractivity contribution in [1.82, 2.24) is 14.9 Å². The Morgan fingerprint density at radius 1 is 1.24 bits per heavy atom. The number of rotatable bonds is 4. The lowest BCUT2D eigenvalue weighted by Gasteiger charge is -2.47. The van der Waals surface area contributed by atoms with Gasteiger partial charge in [-0.05, 0) is 56.2 Å². The lowest BCUT2D eigenvalue weighted by Crippen LogP contribution is -2.58. The van der Waals surface area contributed by atoms with Gasteiger partial charge in [-0.2, -0.15) is 15.2 Å². The highest BCUT2D eigenvalue weighted by Gasteiger charge is 2.51. The van der Waals surface area contributed by atoms with Gasteiger partial charge >= 0.3 is 6.01 Å². The molecule has 216 valence electrons. The van der Waals surface area contributed by atoms with Gasteiger partial charge in [-0.3, -0.25) is 4.90 Å². The maximum Gasteiger partial charge on any atom is 0.318 e. The molecule has 8 rings (SSSR count). The molecule has 0 amide bonds. The molecule has 4 saturated heterocycles. The lowest BCUT2D eigenvalue weighted by molar-refractivity contribution is -0.0874. The predicted molar refractivity (Wildman–Crippen MR) is 149 cm³/mol. The molecule has 41 heavy (non-hydrogen) atoms. The van der Waals surface area contributed by atoms with Crippen LogP contribution in [0.15, 0.2) is 12.1 Å². The van der Waals surface area contributed by atoms with Crippen LogP contribution in [0, 0.1) is 11.3 Å². The first-order valence-corrected chi connectivity index (χ1v) is 15.2. The van der Waals surface area contributed by atoms with E-state index in [1.165, 1.54) is 0 Å². The normalized spacial score (nSPS) is 35.4. The maximum absolute atomic E-state index is 14.4. The van der Waals surface area contributed by atoms with Crippen LogP contribution in [0.5, 0.6) is 6.01 Å². The maximum atomic E-state index is 14.4. The van der Waals surface area contributed by atoms with Crippen molar-refractivity contribution in [2.24, 2.45) is 0 Å². The largest absolute Gasteiger partial charge is 0.461 e. The van der Waals surface area contributed by atoms with Crippen molar-refractivity contribution in [2.75, 3.05) is 43.5 Å². The molecule has 9 nitrogen and oxygen atoms in total. The number of hydrogen-bond acceptors (Lipinski definition) is 9. The van der Waals surface area contributed by atoms with Crippen molar-refractivity contribution in [1.29, 1.82) is 5.26 Å². The Hall–Kier alpha value is -3.00. The molecule has 1 aromatic heterocycles. The third-order valence-electron chi connectivity index (χ3n) is 10.8. The van der Waals surface area contributed by atoms with Crippen molar-refractivity contribution in [3.63, 3.8) is 0 Å². The predicted octanol–water partition coefficient (Wildman–Crippen LogP) is 3.73. The minimum absolute atomic E-state index is 0.236. The second-order valence-electron chi connectivity index (χ2n) is 13.0. The van der Waals surface area contributed by atoms with Crippen LogP contribution in [0.25, 0.3) is 0 Å². The zero-order chi connectivity index (χ0) is 27.9. The molecular formula is C31H37FN6O3. The summed E-state index contributed by atoms with van der Waals surface area (Å²) in [6.07, 6.45) is 5.15. The fourth-order valence-electron chi connectivity index (χ4n) is 8.58. The van der Waals surface area contributed by atoms with Crippen LogP contribution < -0.4 is 15.4 Å². The Balaban J connectivity index is 1.18. The van der Waals surface area contributed by atoms with E-state index in [9.17, 15) is 9.65 Å². The fraction of sp³-hybridized carbons (Fsp3) is 0.645. The van der Waals surface area contributed by atoms with Gasteiger partial charge in [0.1, 0.15) is 30.3 Å². The third-order valence-corrected chi connectivity index (χ3v) is 10.8. The van der Waals surface area contributed by atoms with Gasteiger partial charge in [0.25, 0.3) is 0 Å². The molecule has 2 aromatic rings. The molecule has 0 saturated carbocycles. The van der Waals surface area contributed by atoms with Crippen molar-refractivity contribution in [3.8, 4) is 12.1 Å². The SMILES string of the molecule is C[C@H]1CC[C@]2(Cc3nc(OC[C@@]45CCCN4C[C@H](F)C5)nc(N4C[C@H]5OCC[C@H]54)c3CO2)c2c1ccc(N)c2C#N. The summed E-state index contributed by atoms with van der Waals surface area (Å²) >= 11 is 0. The molecule has 0 unspecified atom stereocenters. The quantitative estimate of drug-likeness (QED) is 0.560. The summed E-state index contributed by atoms with van der Waals surface area (Å²) in [7, 11) is 0. The van der Waals surface area contributed by atoms with Crippen LogP contribution >= 0.6 is 0 Å². The molecule has 6 heterocycles. The van der Waals surface area contributed by atoms with E-state index in [1.54, 1.807) is 0 Å². The van der Waals surface area contributed by atoms with E-state index < -0.39 is 11.8 Å². The van der Waals surface area contributed by atoms with E-state index in [1.807, 2.05) is 6.07 Å². The monoisotopic (exact) mass is 560 g/mol. The van der Waals surface area contributed by atoms with E-state index in [0.717, 1.165) is 80.0 Å². The number of nitrogen functional groups attached to an aromatic ring is 1. The van der Waals surface area contributed by atoms with Gasteiger partial charge in [-0.15, -0.1) is 0 Å². The van der Waals surface area contributed by atoms with Gasteiger partial charge in [0.2, 0.25) is 0 Å². The van der Waals surface area contributed by atoms with Gasteiger partial charge in [0.05, 0.1) is 35.5 Å². The topological polar surface area (TPSA) is 110 Å². The number of ether oxygens (including phenoxy) is 3. The first kappa shape index (κ1) is 25.7. The molecular weight excluding hydrogens is 523 g/mol. The van der Waals surface area contributed by atoms with Gasteiger partial charge in [-0.1, -0.05) is 13.0 Å². The zero-order valence-corrected chi connectivity index (χ0v) is 23.6. The van der Waals surface area contributed by atoms with Crippen molar-refractivity contribution < 1.29 is 18.6 Å². The summed E-state index contributed by atoms with van der Waals surface area (Å²) in [6, 6.07) is 6.92. The second kappa shape index (κ2) is 9.25. The Bertz CT molecular complexity index is 1450. The molecule has 1 aliphatic carbocycles. The fourth-order valence-corrected chi connectivity index (χ4v) is 8.58. The van der Waals surface area contributed by atoms with Crippen molar-refractivity contribution in [3.05, 3.63) is 40.1 Å². The Labute approximate surface area is 239 Å². The Morgan fingerprint density at radius 3 is 3.00 bits per heavy atom. The average molecular weight is 561 g/mol. The lowest BCUT2D eigenvalue weighted by atomic mass is 9.69. The number of aromatic nitrogens is 2. The number of fused-ring (bicyclic) bond motifs is 5. The van der Waals surface area contributed by atoms with E-state index in [2.05, 4.69) is 28.9 Å². The van der Waals surface area contributed by atoms with Crippen LogP contribution in [0.4, 0.5) is 15.9 Å². The standard InChI is InChI=1S/C31H37FN6O3/c1-18-5-8-31(27-20(18)3-4-23(34)21(27)13-33)12-24-22(16-41-31)28(38-15-26-25(38)6-10-39-26)36-29(35-24)40-17-30-7-2-9-37(30)14-19(32)11-30/h3-4,18-19,25-26H,2,5-12,14-17,34H2,1H3/t18-,19+,25+,26+,30-,31-/m0/s1. The summed E-state index contributed by atoms with van der Waals surface area (Å²) in [5, 5.41) is 10.1. The number of hydrogen-bond donors (Lipinski definition) is 1. The van der Waals surface area contributed by atoms with Gasteiger partial charge in [-0.25, -0.2) is 4.39 Å². The number of halogens is 1. The summed E-state index contributed by atoms with van der Waals surface area (Å²) in [5.41, 5.74) is 10.3. The van der Waals surface area contributed by atoms with Gasteiger partial charge in [0.15, 0.2) is 0 Å². The number of nitrogens with zero attached hydrogens (tertiary/aromatic N) is 5. The molecule has 6 atom stereocenters. The summed E-state index contributed by atoms with van der Waals surface area (Å²) in [5.74, 6) is 1.17. The Morgan fingerprint density at radius 2 is 2.15 bits per heavy atom. The van der Waals surface area contributed by atoms with E-state index in [-0.39, 0.29) is 11.6 Å². The van der Waals surface area contributed by atoms with Crippen LogP contribution in [0.2, 0.25) is 0 Å². The first-order chi connectivity index (χ1) is 19.9. The highest BCUT2D eigenvalue weighted by atomic mass is 19.1. The molecule has 2 N–H and O–H groups in total. The molecule has 0 bridgehead atoms. The average Bonchev–Trinajstić information content (AvgIpc) is 3.61. The van der Waals surface area contributed by atoms with E-state index in [4.69, 9.17) is 29.9 Å². The molecule has 1 spiro atoms. The van der Waals surface area contributed by atoms with Crippen molar-refractivity contribution in [2.45, 2.75) is 93.9 Å². The number of anilines is 2. The summed E-state index contributed by atoms with van der Waals surface area (Å²) in [4.78, 5) is 14.6. The molecule has 6 aliphatic rings. The van der Waals surface area contributed by atoms with Crippen molar-refractivity contribution >= 4 is 11.5 Å². The molecule has 4 fully saturated rings. The van der Waals surface area contributed by atoms with Crippen LogP contribution in [-0.2, 0) is 28.1 Å². The van der Waals surface area contributed by atoms with Crippen LogP contribution in [0.1, 0.15) is 79.3 Å². The number of benzene rings is 1. The van der Waals surface area contributed by atoms with Crippen LogP contribution in [0.3, 0.4) is 0 Å². The highest BCUT2D eigenvalue weighted by molar-refractivity contribution is 5.64. The first-order valence-electron chi connectivity index (χ1n) is 15.2. The number of nitriles is 1. The minimum atomic E-state index is -0.813. The summed E-state index contributed by atoms with van der Waals surface area (Å²) in [6.45, 7) is 5.89. The van der Waals surface area contributed by atoms with E-state index >= 15 is 0 Å². The summed E-state index contributed by atoms with van der Waals surface area (Å²) < 4.78 is 33.5.